The lowest BCUT2D eigenvalue weighted by atomic mass is 10.2. The van der Waals surface area contributed by atoms with Gasteiger partial charge < -0.3 is 5.11 Å². The topological polar surface area (TPSA) is 37.3 Å². The summed E-state index contributed by atoms with van der Waals surface area (Å²) in [4.78, 5) is 12.3. The molecule has 0 aliphatic carbocycles. The Morgan fingerprint density at radius 3 is 2.78 bits per heavy atom. The van der Waals surface area contributed by atoms with Crippen molar-refractivity contribution in [2.45, 2.75) is 0 Å². The Kier molecular flexibility index (Phi) is 4.22. The Balaban J connectivity index is 2.32. The summed E-state index contributed by atoms with van der Waals surface area (Å²) < 4.78 is 0.929. The highest BCUT2D eigenvalue weighted by molar-refractivity contribution is 9.10. The number of hydrogen-bond donors (Lipinski definition) is 1. The molecule has 0 unspecified atom stereocenters. The van der Waals surface area contributed by atoms with Crippen LogP contribution in [0.1, 0.15) is 4.88 Å². The van der Waals surface area contributed by atoms with Gasteiger partial charge in [0.1, 0.15) is 0 Å². The average molecular weight is 344 g/mol. The second-order valence-electron chi connectivity index (χ2n) is 3.50. The zero-order valence-electron chi connectivity index (χ0n) is 9.06. The first-order valence-electron chi connectivity index (χ1n) is 5.02. The van der Waals surface area contributed by atoms with Gasteiger partial charge in [0.05, 0.1) is 5.02 Å². The molecule has 2 rings (SSSR count). The Hall–Kier alpha value is -1.10. The Labute approximate surface area is 122 Å². The molecule has 1 aromatic carbocycles. The van der Waals surface area contributed by atoms with Crippen LogP contribution in [0.25, 0.3) is 16.5 Å². The molecule has 0 amide bonds. The van der Waals surface area contributed by atoms with E-state index in [-0.39, 0.29) is 0 Å². The van der Waals surface area contributed by atoms with E-state index in [1.165, 1.54) is 11.3 Å². The highest BCUT2D eigenvalue weighted by atomic mass is 79.9. The van der Waals surface area contributed by atoms with Gasteiger partial charge in [-0.05, 0) is 30.3 Å². The van der Waals surface area contributed by atoms with Crippen LogP contribution >= 0.6 is 38.9 Å². The zero-order valence-corrected chi connectivity index (χ0v) is 12.2. The van der Waals surface area contributed by atoms with E-state index in [4.69, 9.17) is 16.7 Å². The van der Waals surface area contributed by atoms with Crippen LogP contribution in [-0.2, 0) is 4.79 Å². The molecule has 1 heterocycles. The minimum absolute atomic E-state index is 0.667. The van der Waals surface area contributed by atoms with Crippen molar-refractivity contribution in [3.63, 3.8) is 0 Å². The molecule has 1 aromatic heterocycles. The molecule has 0 spiro atoms. The summed E-state index contributed by atoms with van der Waals surface area (Å²) >= 11 is 11.0. The standard InChI is InChI=1S/C13H8BrClO2S/c14-8-1-4-10(11(15)7-8)12-5-2-9(18-12)3-6-13(16)17/h1-7H,(H,16,17)/b6-3+. The van der Waals surface area contributed by atoms with Gasteiger partial charge in [0.2, 0.25) is 0 Å². The molecular formula is C13H8BrClO2S. The van der Waals surface area contributed by atoms with Gasteiger partial charge in [0.15, 0.2) is 0 Å². The third kappa shape index (κ3) is 3.22. The number of carboxylic acids is 1. The molecule has 2 aromatic rings. The van der Waals surface area contributed by atoms with E-state index in [2.05, 4.69) is 15.9 Å². The molecule has 0 aliphatic heterocycles. The van der Waals surface area contributed by atoms with Crippen LogP contribution in [0, 0.1) is 0 Å². The van der Waals surface area contributed by atoms with Crippen LogP contribution < -0.4 is 0 Å². The molecule has 0 bridgehead atoms. The largest absolute Gasteiger partial charge is 0.478 e. The number of halogens is 2. The lowest BCUT2D eigenvalue weighted by Crippen LogP contribution is -1.84. The number of thiophene rings is 1. The molecule has 2 nitrogen and oxygen atoms in total. The van der Waals surface area contributed by atoms with Gasteiger partial charge in [0.25, 0.3) is 0 Å². The maximum absolute atomic E-state index is 10.4. The summed E-state index contributed by atoms with van der Waals surface area (Å²) in [7, 11) is 0. The average Bonchev–Trinajstić information content (AvgIpc) is 2.75. The van der Waals surface area contributed by atoms with Crippen molar-refractivity contribution < 1.29 is 9.90 Å². The predicted molar refractivity (Wildman–Crippen MR) is 79.1 cm³/mol. The van der Waals surface area contributed by atoms with Crippen molar-refractivity contribution in [2.24, 2.45) is 0 Å². The van der Waals surface area contributed by atoms with Crippen molar-refractivity contribution in [3.8, 4) is 10.4 Å². The van der Waals surface area contributed by atoms with Crippen molar-refractivity contribution in [3.05, 3.63) is 50.8 Å². The van der Waals surface area contributed by atoms with Gasteiger partial charge >= 0.3 is 5.97 Å². The monoisotopic (exact) mass is 342 g/mol. The van der Waals surface area contributed by atoms with E-state index in [0.29, 0.717) is 5.02 Å². The fourth-order valence-electron chi connectivity index (χ4n) is 1.43. The van der Waals surface area contributed by atoms with Crippen LogP contribution in [0.15, 0.2) is 40.9 Å². The number of rotatable bonds is 3. The molecule has 18 heavy (non-hydrogen) atoms. The van der Waals surface area contributed by atoms with E-state index >= 15 is 0 Å². The number of carbonyl (C=O) groups is 1. The van der Waals surface area contributed by atoms with E-state index in [1.54, 1.807) is 6.08 Å². The van der Waals surface area contributed by atoms with Gasteiger partial charge in [-0.15, -0.1) is 11.3 Å². The highest BCUT2D eigenvalue weighted by Crippen LogP contribution is 2.35. The van der Waals surface area contributed by atoms with Crippen LogP contribution in [0.4, 0.5) is 0 Å². The summed E-state index contributed by atoms with van der Waals surface area (Å²) in [5.41, 5.74) is 0.944. The Bertz CT molecular complexity index is 619. The molecule has 92 valence electrons. The van der Waals surface area contributed by atoms with Gasteiger partial charge in [-0.2, -0.15) is 0 Å². The summed E-state index contributed by atoms with van der Waals surface area (Å²) in [6.45, 7) is 0. The summed E-state index contributed by atoms with van der Waals surface area (Å²) in [6, 6.07) is 9.50. The fraction of sp³-hybridized carbons (Fsp3) is 0. The van der Waals surface area contributed by atoms with E-state index in [0.717, 1.165) is 25.9 Å². The van der Waals surface area contributed by atoms with Gasteiger partial charge in [-0.25, -0.2) is 4.79 Å². The normalized spacial score (nSPS) is 11.0. The van der Waals surface area contributed by atoms with E-state index in [9.17, 15) is 4.79 Å². The first kappa shape index (κ1) is 13.3. The first-order chi connectivity index (χ1) is 8.56. The summed E-state index contributed by atoms with van der Waals surface area (Å²) in [6.07, 6.45) is 2.70. The molecule has 1 N–H and O–H groups in total. The van der Waals surface area contributed by atoms with Crippen molar-refractivity contribution in [2.75, 3.05) is 0 Å². The highest BCUT2D eigenvalue weighted by Gasteiger charge is 2.06. The lowest BCUT2D eigenvalue weighted by molar-refractivity contribution is -0.131. The third-order valence-corrected chi connectivity index (χ3v) is 4.10. The van der Waals surface area contributed by atoms with Gasteiger partial charge in [-0.1, -0.05) is 33.6 Å². The second kappa shape index (κ2) is 5.69. The molecule has 0 radical (unpaired) electrons. The van der Waals surface area contributed by atoms with E-state index < -0.39 is 5.97 Å². The maximum atomic E-state index is 10.4. The third-order valence-electron chi connectivity index (χ3n) is 2.21. The molecule has 0 saturated carbocycles. The minimum Gasteiger partial charge on any atom is -0.478 e. The summed E-state index contributed by atoms with van der Waals surface area (Å²) in [5.74, 6) is -0.952. The number of aliphatic carboxylic acids is 1. The lowest BCUT2D eigenvalue weighted by Gasteiger charge is -2.01. The van der Waals surface area contributed by atoms with Crippen molar-refractivity contribution >= 4 is 50.9 Å². The summed E-state index contributed by atoms with van der Waals surface area (Å²) in [5, 5.41) is 9.23. The van der Waals surface area contributed by atoms with Crippen molar-refractivity contribution in [1.82, 2.24) is 0 Å². The van der Waals surface area contributed by atoms with Crippen LogP contribution in [0.5, 0.6) is 0 Å². The molecule has 0 fully saturated rings. The first-order valence-corrected chi connectivity index (χ1v) is 7.01. The van der Waals surface area contributed by atoms with Gasteiger partial charge in [-0.3, -0.25) is 0 Å². The number of benzene rings is 1. The van der Waals surface area contributed by atoms with E-state index in [1.807, 2.05) is 30.3 Å². The SMILES string of the molecule is O=C(O)/C=C/c1ccc(-c2ccc(Br)cc2Cl)s1. The number of hydrogen-bond acceptors (Lipinski definition) is 2. The molecule has 0 aliphatic rings. The zero-order chi connectivity index (χ0) is 13.1. The smallest absolute Gasteiger partial charge is 0.328 e. The molecule has 5 heteroatoms. The molecular weight excluding hydrogens is 336 g/mol. The van der Waals surface area contributed by atoms with Crippen LogP contribution in [0.2, 0.25) is 5.02 Å². The van der Waals surface area contributed by atoms with Crippen LogP contribution in [-0.4, -0.2) is 11.1 Å². The maximum Gasteiger partial charge on any atom is 0.328 e. The van der Waals surface area contributed by atoms with Gasteiger partial charge in [0, 0.05) is 25.9 Å². The molecule has 0 saturated heterocycles. The quantitative estimate of drug-likeness (QED) is 0.802. The Morgan fingerprint density at radius 1 is 1.33 bits per heavy atom. The minimum atomic E-state index is -0.952. The number of carboxylic acid groups (broad SMARTS) is 1. The Morgan fingerprint density at radius 2 is 2.11 bits per heavy atom. The van der Waals surface area contributed by atoms with Crippen LogP contribution in [0.3, 0.4) is 0 Å². The second-order valence-corrected chi connectivity index (χ2v) is 5.94. The fourth-order valence-corrected chi connectivity index (χ4v) is 3.21. The predicted octanol–water partition coefficient (Wildman–Crippen LogP) is 4.93. The molecule has 0 atom stereocenters. The van der Waals surface area contributed by atoms with Crippen molar-refractivity contribution in [1.29, 1.82) is 0 Å².